The van der Waals surface area contributed by atoms with Crippen LogP contribution in [-0.2, 0) is 4.57 Å². The van der Waals surface area contributed by atoms with Crippen molar-refractivity contribution in [1.82, 2.24) is 0 Å². The number of hydrogen-bond donors (Lipinski definition) is 1. The van der Waals surface area contributed by atoms with Crippen LogP contribution < -0.4 is 0 Å². The lowest BCUT2D eigenvalue weighted by atomic mass is 9.88. The quantitative estimate of drug-likeness (QED) is 0.670. The summed E-state index contributed by atoms with van der Waals surface area (Å²) in [6, 6.07) is 0. The summed E-state index contributed by atoms with van der Waals surface area (Å²) in [5.74, 6) is 0.754. The molecule has 66 valence electrons. The largest absolute Gasteiger partial charge is 0.346 e. The molecule has 1 N–H and O–H groups in total. The Morgan fingerprint density at radius 1 is 1.27 bits per heavy atom. The summed E-state index contributed by atoms with van der Waals surface area (Å²) < 4.78 is 10.4. The van der Waals surface area contributed by atoms with Crippen molar-refractivity contribution in [1.29, 1.82) is 0 Å². The minimum Gasteiger partial charge on any atom is -0.346 e. The number of hydrogen-bond acceptors (Lipinski definition) is 1. The highest BCUT2D eigenvalue weighted by Gasteiger charge is 2.13. The van der Waals surface area contributed by atoms with Gasteiger partial charge >= 0.3 is 0 Å². The van der Waals surface area contributed by atoms with Gasteiger partial charge in [0.25, 0.3) is 0 Å². The zero-order chi connectivity index (χ0) is 8.10. The van der Waals surface area contributed by atoms with Crippen LogP contribution in [0.25, 0.3) is 0 Å². The Hall–Kier alpha value is 0.190. The molecule has 3 heteroatoms. The average molecular weight is 176 g/mol. The maximum absolute atomic E-state index is 10.4. The van der Waals surface area contributed by atoms with E-state index < -0.39 is 8.03 Å². The minimum absolute atomic E-state index is 0.551. The van der Waals surface area contributed by atoms with Crippen molar-refractivity contribution in [2.75, 3.05) is 6.16 Å². The third kappa shape index (κ3) is 3.93. The van der Waals surface area contributed by atoms with Crippen LogP contribution in [0.15, 0.2) is 0 Å². The summed E-state index contributed by atoms with van der Waals surface area (Å²) in [6.07, 6.45) is 8.13. The first kappa shape index (κ1) is 9.28. The van der Waals surface area contributed by atoms with Crippen LogP contribution in [0, 0.1) is 5.92 Å². The summed E-state index contributed by atoms with van der Waals surface area (Å²) in [7, 11) is -2.18. The fraction of sp³-hybridized carbons (Fsp3) is 1.00. The average Bonchev–Trinajstić information content (AvgIpc) is 2.03. The van der Waals surface area contributed by atoms with Gasteiger partial charge in [0.05, 0.1) is 0 Å². The molecule has 2 nitrogen and oxygen atoms in total. The van der Waals surface area contributed by atoms with Crippen molar-refractivity contribution in [2.24, 2.45) is 5.92 Å². The number of rotatable bonds is 3. The lowest BCUT2D eigenvalue weighted by Crippen LogP contribution is -2.06. The lowest BCUT2D eigenvalue weighted by Gasteiger charge is -2.20. The second kappa shape index (κ2) is 4.95. The van der Waals surface area contributed by atoms with E-state index in [1.165, 1.54) is 32.1 Å². The van der Waals surface area contributed by atoms with Crippen LogP contribution in [0.4, 0.5) is 0 Å². The molecule has 0 radical (unpaired) electrons. The van der Waals surface area contributed by atoms with E-state index in [-0.39, 0.29) is 0 Å². The first-order valence-corrected chi connectivity index (χ1v) is 6.07. The van der Waals surface area contributed by atoms with Gasteiger partial charge in [0, 0.05) is 6.16 Å². The van der Waals surface area contributed by atoms with E-state index in [4.69, 9.17) is 4.89 Å². The van der Waals surface area contributed by atoms with Crippen LogP contribution in [-0.4, -0.2) is 11.1 Å². The molecule has 1 aliphatic rings. The zero-order valence-corrected chi connectivity index (χ0v) is 7.88. The Morgan fingerprint density at radius 3 is 2.45 bits per heavy atom. The first-order chi connectivity index (χ1) is 5.29. The molecular formula is C8H17O2P. The third-order valence-electron chi connectivity index (χ3n) is 2.49. The van der Waals surface area contributed by atoms with Gasteiger partial charge in [-0.3, -0.25) is 4.57 Å². The van der Waals surface area contributed by atoms with E-state index in [9.17, 15) is 4.57 Å². The van der Waals surface area contributed by atoms with Crippen LogP contribution >= 0.6 is 8.03 Å². The molecule has 0 amide bonds. The molecule has 1 rings (SSSR count). The SMILES string of the molecule is O=[PH](O)CCC1CCCCC1. The molecule has 0 spiro atoms. The van der Waals surface area contributed by atoms with E-state index in [0.29, 0.717) is 6.16 Å². The Bertz CT molecular complexity index is 130. The maximum atomic E-state index is 10.4. The topological polar surface area (TPSA) is 37.3 Å². The van der Waals surface area contributed by atoms with Gasteiger partial charge in [-0.05, 0) is 12.3 Å². The normalized spacial score (nSPS) is 23.4. The van der Waals surface area contributed by atoms with Gasteiger partial charge < -0.3 is 4.89 Å². The predicted octanol–water partition coefficient (Wildman–Crippen LogP) is 2.42. The standard InChI is InChI=1S/C8H17O2P/c9-11(10)7-6-8-4-2-1-3-5-8/h8,11H,1-7H2,(H,9,10). The Balaban J connectivity index is 2.09. The summed E-state index contributed by atoms with van der Waals surface area (Å²) >= 11 is 0. The molecule has 0 heterocycles. The van der Waals surface area contributed by atoms with Crippen molar-refractivity contribution in [2.45, 2.75) is 38.5 Å². The van der Waals surface area contributed by atoms with Crippen molar-refractivity contribution < 1.29 is 9.46 Å². The van der Waals surface area contributed by atoms with Gasteiger partial charge in [-0.1, -0.05) is 32.1 Å². The van der Waals surface area contributed by atoms with Gasteiger partial charge in [0.2, 0.25) is 0 Å². The Labute approximate surface area is 68.9 Å². The second-order valence-electron chi connectivity index (χ2n) is 3.44. The molecule has 0 aliphatic heterocycles. The highest BCUT2D eigenvalue weighted by molar-refractivity contribution is 7.37. The third-order valence-corrected chi connectivity index (χ3v) is 3.21. The van der Waals surface area contributed by atoms with Crippen LogP contribution in [0.3, 0.4) is 0 Å². The molecular weight excluding hydrogens is 159 g/mol. The smallest absolute Gasteiger partial charge is 0.189 e. The molecule has 1 aliphatic carbocycles. The molecule has 1 fully saturated rings. The monoisotopic (exact) mass is 176 g/mol. The summed E-state index contributed by atoms with van der Waals surface area (Å²) in [6.45, 7) is 0. The summed E-state index contributed by atoms with van der Waals surface area (Å²) in [5.41, 5.74) is 0. The van der Waals surface area contributed by atoms with Crippen molar-refractivity contribution in [3.8, 4) is 0 Å². The highest BCUT2D eigenvalue weighted by atomic mass is 31.1. The second-order valence-corrected chi connectivity index (χ2v) is 4.72. The summed E-state index contributed by atoms with van der Waals surface area (Å²) in [5, 5.41) is 0. The van der Waals surface area contributed by atoms with E-state index in [0.717, 1.165) is 12.3 Å². The molecule has 0 aromatic carbocycles. The van der Waals surface area contributed by atoms with Crippen LogP contribution in [0.2, 0.25) is 0 Å². The van der Waals surface area contributed by atoms with Gasteiger partial charge in [0.15, 0.2) is 8.03 Å². The molecule has 1 atom stereocenters. The van der Waals surface area contributed by atoms with Gasteiger partial charge in [-0.2, -0.15) is 0 Å². The first-order valence-electron chi connectivity index (χ1n) is 4.51. The van der Waals surface area contributed by atoms with E-state index in [1.54, 1.807) is 0 Å². The molecule has 1 saturated carbocycles. The molecule has 1 unspecified atom stereocenters. The van der Waals surface area contributed by atoms with Gasteiger partial charge in [-0.25, -0.2) is 0 Å². The van der Waals surface area contributed by atoms with Crippen LogP contribution in [0.1, 0.15) is 38.5 Å². The van der Waals surface area contributed by atoms with Crippen molar-refractivity contribution in [3.63, 3.8) is 0 Å². The Kier molecular flexibility index (Phi) is 4.17. The van der Waals surface area contributed by atoms with Crippen molar-refractivity contribution in [3.05, 3.63) is 0 Å². The van der Waals surface area contributed by atoms with E-state index in [2.05, 4.69) is 0 Å². The predicted molar refractivity (Wildman–Crippen MR) is 47.3 cm³/mol. The van der Waals surface area contributed by atoms with Crippen LogP contribution in [0.5, 0.6) is 0 Å². The van der Waals surface area contributed by atoms with E-state index >= 15 is 0 Å². The van der Waals surface area contributed by atoms with Gasteiger partial charge in [-0.15, -0.1) is 0 Å². The molecule has 0 aromatic rings. The minimum atomic E-state index is -2.18. The van der Waals surface area contributed by atoms with Gasteiger partial charge in [0.1, 0.15) is 0 Å². The van der Waals surface area contributed by atoms with E-state index in [1.807, 2.05) is 0 Å². The maximum Gasteiger partial charge on any atom is 0.189 e. The highest BCUT2D eigenvalue weighted by Crippen LogP contribution is 2.29. The van der Waals surface area contributed by atoms with Crippen molar-refractivity contribution >= 4 is 8.03 Å². The fourth-order valence-electron chi connectivity index (χ4n) is 1.80. The molecule has 0 saturated heterocycles. The zero-order valence-electron chi connectivity index (χ0n) is 6.88. The lowest BCUT2D eigenvalue weighted by molar-refractivity contribution is 0.348. The summed E-state index contributed by atoms with van der Waals surface area (Å²) in [4.78, 5) is 8.63. The molecule has 11 heavy (non-hydrogen) atoms. The fourth-order valence-corrected chi connectivity index (χ4v) is 2.46. The molecule has 0 bridgehead atoms. The Morgan fingerprint density at radius 2 is 1.91 bits per heavy atom. The molecule has 0 aromatic heterocycles.